The number of urea groups is 1. The Hall–Kier alpha value is -3.95. The van der Waals surface area contributed by atoms with Crippen LogP contribution in [0.5, 0.6) is 0 Å². The lowest BCUT2D eigenvalue weighted by Crippen LogP contribution is -2.44. The SMILES string of the molecule is C=CCN(CC(=O)N(Cc1ccco1)Cc1cccn1C)C(=O)Nc1cccc(C(F)(F)F)c1. The van der Waals surface area contributed by atoms with E-state index in [2.05, 4.69) is 11.9 Å². The smallest absolute Gasteiger partial charge is 0.416 e. The Kier molecular flexibility index (Phi) is 7.83. The summed E-state index contributed by atoms with van der Waals surface area (Å²) in [4.78, 5) is 28.7. The molecule has 0 spiro atoms. The van der Waals surface area contributed by atoms with E-state index in [-0.39, 0.29) is 37.8 Å². The summed E-state index contributed by atoms with van der Waals surface area (Å²) in [6, 6.07) is 10.8. The van der Waals surface area contributed by atoms with Crippen LogP contribution in [-0.2, 0) is 31.1 Å². The van der Waals surface area contributed by atoms with Crippen LogP contribution in [0.15, 0.2) is 78.1 Å². The molecule has 0 fully saturated rings. The second-order valence-corrected chi connectivity index (χ2v) is 7.62. The minimum Gasteiger partial charge on any atom is -0.467 e. The van der Waals surface area contributed by atoms with Crippen molar-refractivity contribution in [3.63, 3.8) is 0 Å². The fourth-order valence-electron chi connectivity index (χ4n) is 3.29. The van der Waals surface area contributed by atoms with Crippen molar-refractivity contribution in [1.29, 1.82) is 0 Å². The van der Waals surface area contributed by atoms with Crippen molar-refractivity contribution in [2.75, 3.05) is 18.4 Å². The summed E-state index contributed by atoms with van der Waals surface area (Å²) >= 11 is 0. The first-order valence-electron chi connectivity index (χ1n) is 10.4. The largest absolute Gasteiger partial charge is 0.467 e. The molecule has 0 atom stereocenters. The van der Waals surface area contributed by atoms with Gasteiger partial charge in [0.25, 0.3) is 0 Å². The molecule has 0 aliphatic rings. The third-order valence-corrected chi connectivity index (χ3v) is 5.09. The Balaban J connectivity index is 1.74. The number of aromatic nitrogens is 1. The quantitative estimate of drug-likeness (QED) is 0.449. The van der Waals surface area contributed by atoms with Crippen molar-refractivity contribution in [2.45, 2.75) is 19.3 Å². The molecule has 0 radical (unpaired) electrons. The fourth-order valence-corrected chi connectivity index (χ4v) is 3.29. The number of furan rings is 1. The Morgan fingerprint density at radius 2 is 1.91 bits per heavy atom. The summed E-state index contributed by atoms with van der Waals surface area (Å²) in [5, 5.41) is 2.43. The molecule has 0 unspecified atom stereocenters. The summed E-state index contributed by atoms with van der Waals surface area (Å²) in [6.45, 7) is 3.79. The maximum absolute atomic E-state index is 13.2. The summed E-state index contributed by atoms with van der Waals surface area (Å²) in [7, 11) is 1.86. The van der Waals surface area contributed by atoms with Crippen molar-refractivity contribution in [2.24, 2.45) is 7.05 Å². The number of nitrogens with one attached hydrogen (secondary N) is 1. The maximum Gasteiger partial charge on any atom is 0.416 e. The molecule has 180 valence electrons. The molecule has 0 bridgehead atoms. The number of amides is 3. The Morgan fingerprint density at radius 3 is 2.53 bits per heavy atom. The number of benzene rings is 1. The average molecular weight is 474 g/mol. The minimum atomic E-state index is -4.54. The van der Waals surface area contributed by atoms with Crippen LogP contribution in [0.25, 0.3) is 0 Å². The molecule has 3 amide bonds. The van der Waals surface area contributed by atoms with Crippen LogP contribution in [0.1, 0.15) is 17.0 Å². The third-order valence-electron chi connectivity index (χ3n) is 5.09. The van der Waals surface area contributed by atoms with Crippen LogP contribution in [0.3, 0.4) is 0 Å². The van der Waals surface area contributed by atoms with Gasteiger partial charge in [-0.25, -0.2) is 4.79 Å². The third kappa shape index (κ3) is 6.53. The van der Waals surface area contributed by atoms with Crippen molar-refractivity contribution in [3.05, 3.63) is 90.7 Å². The number of rotatable bonds is 9. The Morgan fingerprint density at radius 1 is 1.12 bits per heavy atom. The number of hydrogen-bond donors (Lipinski definition) is 1. The van der Waals surface area contributed by atoms with Crippen molar-refractivity contribution < 1.29 is 27.2 Å². The van der Waals surface area contributed by atoms with Crippen LogP contribution in [0.4, 0.5) is 23.7 Å². The summed E-state index contributed by atoms with van der Waals surface area (Å²) < 4.78 is 46.2. The van der Waals surface area contributed by atoms with E-state index in [1.165, 1.54) is 29.4 Å². The molecule has 10 heteroatoms. The van der Waals surface area contributed by atoms with Gasteiger partial charge in [-0.3, -0.25) is 4.79 Å². The van der Waals surface area contributed by atoms with E-state index in [4.69, 9.17) is 4.42 Å². The second kappa shape index (κ2) is 10.8. The summed E-state index contributed by atoms with van der Waals surface area (Å²) in [6.07, 6.45) is 0.262. The van der Waals surface area contributed by atoms with Crippen LogP contribution in [0.2, 0.25) is 0 Å². The molecular weight excluding hydrogens is 449 g/mol. The van der Waals surface area contributed by atoms with E-state index in [9.17, 15) is 22.8 Å². The van der Waals surface area contributed by atoms with Crippen LogP contribution in [0, 0.1) is 0 Å². The first-order chi connectivity index (χ1) is 16.2. The molecule has 0 saturated carbocycles. The molecule has 0 aliphatic carbocycles. The highest BCUT2D eigenvalue weighted by Crippen LogP contribution is 2.30. The number of carbonyl (C=O) groups excluding carboxylic acids is 2. The van der Waals surface area contributed by atoms with E-state index in [0.29, 0.717) is 5.76 Å². The number of alkyl halides is 3. The minimum absolute atomic E-state index is 0.0231. The first kappa shape index (κ1) is 24.7. The molecule has 2 aromatic heterocycles. The van der Waals surface area contributed by atoms with Gasteiger partial charge in [0.1, 0.15) is 12.3 Å². The van der Waals surface area contributed by atoms with Gasteiger partial charge in [-0.15, -0.1) is 6.58 Å². The Bertz CT molecular complexity index is 1120. The van der Waals surface area contributed by atoms with Gasteiger partial charge in [0.2, 0.25) is 5.91 Å². The molecule has 7 nitrogen and oxygen atoms in total. The zero-order valence-electron chi connectivity index (χ0n) is 18.6. The van der Waals surface area contributed by atoms with Crippen LogP contribution >= 0.6 is 0 Å². The van der Waals surface area contributed by atoms with Gasteiger partial charge in [-0.1, -0.05) is 12.1 Å². The summed E-state index contributed by atoms with van der Waals surface area (Å²) in [5.41, 5.74) is -0.0370. The predicted octanol–water partition coefficient (Wildman–Crippen LogP) is 4.89. The zero-order valence-corrected chi connectivity index (χ0v) is 18.6. The van der Waals surface area contributed by atoms with E-state index >= 15 is 0 Å². The van der Waals surface area contributed by atoms with Crippen molar-refractivity contribution in [1.82, 2.24) is 14.4 Å². The highest BCUT2D eigenvalue weighted by atomic mass is 19.4. The monoisotopic (exact) mass is 474 g/mol. The molecule has 3 aromatic rings. The first-order valence-corrected chi connectivity index (χ1v) is 10.4. The molecule has 1 aromatic carbocycles. The van der Waals surface area contributed by atoms with Gasteiger partial charge in [0.15, 0.2) is 0 Å². The lowest BCUT2D eigenvalue weighted by atomic mass is 10.2. The number of halogens is 3. The zero-order chi connectivity index (χ0) is 24.7. The normalized spacial score (nSPS) is 11.2. The molecule has 1 N–H and O–H groups in total. The number of nitrogens with zero attached hydrogens (tertiary/aromatic N) is 3. The molecule has 0 saturated heterocycles. The van der Waals surface area contributed by atoms with Crippen molar-refractivity contribution >= 4 is 17.6 Å². The van der Waals surface area contributed by atoms with Gasteiger partial charge in [0, 0.05) is 31.2 Å². The highest BCUT2D eigenvalue weighted by Gasteiger charge is 2.30. The van der Waals surface area contributed by atoms with Gasteiger partial charge in [-0.2, -0.15) is 13.2 Å². The fraction of sp³-hybridized carbons (Fsp3) is 0.250. The van der Waals surface area contributed by atoms with Gasteiger partial charge in [0.05, 0.1) is 24.9 Å². The van der Waals surface area contributed by atoms with E-state index in [0.717, 1.165) is 17.8 Å². The lowest BCUT2D eigenvalue weighted by molar-refractivity contribution is -0.137. The molecule has 3 rings (SSSR count). The summed E-state index contributed by atoms with van der Waals surface area (Å²) in [5.74, 6) is 0.213. The average Bonchev–Trinajstić information content (AvgIpc) is 3.44. The van der Waals surface area contributed by atoms with Crippen LogP contribution in [-0.4, -0.2) is 39.4 Å². The van der Waals surface area contributed by atoms with Gasteiger partial charge < -0.3 is 24.1 Å². The number of hydrogen-bond acceptors (Lipinski definition) is 3. The Labute approximate surface area is 195 Å². The van der Waals surface area contributed by atoms with E-state index in [1.54, 1.807) is 17.0 Å². The maximum atomic E-state index is 13.2. The van der Waals surface area contributed by atoms with E-state index < -0.39 is 17.8 Å². The topological polar surface area (TPSA) is 70.7 Å². The standard InChI is InChI=1S/C24H25F3N4O3/c1-3-11-30(23(33)28-19-8-4-7-18(14-19)24(25,26)27)17-22(32)31(16-21-10-6-13-34-21)15-20-9-5-12-29(20)2/h3-10,12-14H,1,11,15-17H2,2H3,(H,28,33). The molecule has 2 heterocycles. The predicted molar refractivity (Wildman–Crippen MR) is 121 cm³/mol. The van der Waals surface area contributed by atoms with Gasteiger partial charge in [-0.05, 0) is 42.5 Å². The molecular formula is C24H25F3N4O3. The molecule has 0 aliphatic heterocycles. The number of anilines is 1. The highest BCUT2D eigenvalue weighted by molar-refractivity contribution is 5.92. The van der Waals surface area contributed by atoms with Crippen molar-refractivity contribution in [3.8, 4) is 0 Å². The lowest BCUT2D eigenvalue weighted by Gasteiger charge is -2.27. The number of carbonyl (C=O) groups is 2. The molecule has 34 heavy (non-hydrogen) atoms. The van der Waals surface area contributed by atoms with Crippen LogP contribution < -0.4 is 5.32 Å². The van der Waals surface area contributed by atoms with E-state index in [1.807, 2.05) is 29.9 Å². The second-order valence-electron chi connectivity index (χ2n) is 7.62. The van der Waals surface area contributed by atoms with Gasteiger partial charge >= 0.3 is 12.2 Å². The number of aryl methyl sites for hydroxylation is 1.